The summed E-state index contributed by atoms with van der Waals surface area (Å²) in [5, 5.41) is 3.80. The van der Waals surface area contributed by atoms with Gasteiger partial charge in [-0.1, -0.05) is 11.6 Å². The van der Waals surface area contributed by atoms with Crippen molar-refractivity contribution in [2.45, 2.75) is 45.2 Å². The molecule has 1 aliphatic carbocycles. The molecule has 2 aliphatic rings. The van der Waals surface area contributed by atoms with Crippen LogP contribution in [0.4, 0.5) is 0 Å². The highest BCUT2D eigenvalue weighted by molar-refractivity contribution is 5.85. The summed E-state index contributed by atoms with van der Waals surface area (Å²) >= 11 is 0. The molecule has 2 fully saturated rings. The monoisotopic (exact) mass is 343 g/mol. The molecule has 0 bridgehead atoms. The Kier molecular flexibility index (Phi) is 6.38. The molecule has 2 unspecified atom stereocenters. The van der Waals surface area contributed by atoms with E-state index in [0.29, 0.717) is 24.2 Å². The van der Waals surface area contributed by atoms with Crippen LogP contribution in [0.15, 0.2) is 4.52 Å². The van der Waals surface area contributed by atoms with Gasteiger partial charge in [0, 0.05) is 38.1 Å². The van der Waals surface area contributed by atoms with E-state index in [9.17, 15) is 4.79 Å². The van der Waals surface area contributed by atoms with E-state index in [-0.39, 0.29) is 24.4 Å². The Hall–Kier alpha value is -1.18. The molecule has 0 radical (unpaired) electrons. The summed E-state index contributed by atoms with van der Waals surface area (Å²) in [6.07, 6.45) is 3.98. The van der Waals surface area contributed by atoms with Crippen molar-refractivity contribution in [2.75, 3.05) is 26.2 Å². The van der Waals surface area contributed by atoms with Crippen molar-refractivity contribution < 1.29 is 9.32 Å². The first-order valence-corrected chi connectivity index (χ1v) is 8.17. The molecular formula is C15H26ClN5O2. The van der Waals surface area contributed by atoms with E-state index in [1.165, 1.54) is 0 Å². The number of nitrogens with two attached hydrogens (primary N) is 1. The average Bonchev–Trinajstić information content (AvgIpc) is 2.92. The molecule has 8 heteroatoms. The van der Waals surface area contributed by atoms with Crippen LogP contribution in [0.25, 0.3) is 0 Å². The number of rotatable bonds is 3. The van der Waals surface area contributed by atoms with Gasteiger partial charge in [-0.25, -0.2) is 0 Å². The predicted octanol–water partition coefficient (Wildman–Crippen LogP) is 0.962. The van der Waals surface area contributed by atoms with Crippen LogP contribution in [-0.4, -0.2) is 58.1 Å². The lowest BCUT2D eigenvalue weighted by Gasteiger charge is -2.37. The molecule has 1 aromatic rings. The smallest absolute Gasteiger partial charge is 0.240 e. The molecule has 1 saturated carbocycles. The second kappa shape index (κ2) is 8.08. The van der Waals surface area contributed by atoms with Gasteiger partial charge in [0.25, 0.3) is 0 Å². The van der Waals surface area contributed by atoms with Crippen LogP contribution in [0.3, 0.4) is 0 Å². The van der Waals surface area contributed by atoms with Crippen LogP contribution in [0.2, 0.25) is 0 Å². The van der Waals surface area contributed by atoms with Gasteiger partial charge in [-0.05, 0) is 26.2 Å². The van der Waals surface area contributed by atoms with Gasteiger partial charge >= 0.3 is 0 Å². The summed E-state index contributed by atoms with van der Waals surface area (Å²) in [6, 6.07) is 0.199. The first kappa shape index (κ1) is 18.2. The molecule has 2 atom stereocenters. The summed E-state index contributed by atoms with van der Waals surface area (Å²) in [7, 11) is 0. The predicted molar refractivity (Wildman–Crippen MR) is 88.1 cm³/mol. The molecule has 0 spiro atoms. The largest absolute Gasteiger partial charge is 0.340 e. The summed E-state index contributed by atoms with van der Waals surface area (Å²) in [5.74, 6) is 1.74. The molecule has 1 aliphatic heterocycles. The van der Waals surface area contributed by atoms with Crippen molar-refractivity contribution in [3.8, 4) is 0 Å². The SMILES string of the molecule is Cc1noc(CN2CCN(C(=O)C3CCCC(N)C3)CC2)n1.Cl. The van der Waals surface area contributed by atoms with Crippen LogP contribution in [0.1, 0.15) is 37.4 Å². The molecule has 2 N–H and O–H groups in total. The molecule has 1 amide bonds. The topological polar surface area (TPSA) is 88.5 Å². The Morgan fingerprint density at radius 1 is 1.30 bits per heavy atom. The van der Waals surface area contributed by atoms with Gasteiger partial charge in [-0.2, -0.15) is 4.98 Å². The maximum absolute atomic E-state index is 12.6. The zero-order valence-electron chi connectivity index (χ0n) is 13.6. The maximum atomic E-state index is 12.6. The minimum Gasteiger partial charge on any atom is -0.340 e. The van der Waals surface area contributed by atoms with Crippen molar-refractivity contribution >= 4 is 18.3 Å². The molecule has 1 saturated heterocycles. The first-order valence-electron chi connectivity index (χ1n) is 8.17. The highest BCUT2D eigenvalue weighted by Crippen LogP contribution is 2.25. The van der Waals surface area contributed by atoms with Crippen molar-refractivity contribution in [1.29, 1.82) is 0 Å². The van der Waals surface area contributed by atoms with Crippen molar-refractivity contribution in [1.82, 2.24) is 19.9 Å². The number of nitrogens with zero attached hydrogens (tertiary/aromatic N) is 4. The highest BCUT2D eigenvalue weighted by atomic mass is 35.5. The first-order chi connectivity index (χ1) is 10.6. The van der Waals surface area contributed by atoms with E-state index in [1.54, 1.807) is 0 Å². The number of aryl methyl sites for hydroxylation is 1. The van der Waals surface area contributed by atoms with Crippen LogP contribution in [0, 0.1) is 12.8 Å². The highest BCUT2D eigenvalue weighted by Gasteiger charge is 2.30. The Morgan fingerprint density at radius 3 is 2.65 bits per heavy atom. The summed E-state index contributed by atoms with van der Waals surface area (Å²) in [4.78, 5) is 21.1. The van der Waals surface area contributed by atoms with Crippen molar-refractivity contribution in [3.05, 3.63) is 11.7 Å². The third-order valence-corrected chi connectivity index (χ3v) is 4.68. The van der Waals surface area contributed by atoms with E-state index in [0.717, 1.165) is 51.9 Å². The molecule has 130 valence electrons. The Labute approximate surface area is 143 Å². The van der Waals surface area contributed by atoms with Gasteiger partial charge in [0.05, 0.1) is 6.54 Å². The van der Waals surface area contributed by atoms with Crippen LogP contribution >= 0.6 is 12.4 Å². The van der Waals surface area contributed by atoms with Gasteiger partial charge in [0.1, 0.15) is 0 Å². The summed E-state index contributed by atoms with van der Waals surface area (Å²) in [6.45, 7) is 5.74. The average molecular weight is 344 g/mol. The fourth-order valence-corrected chi connectivity index (χ4v) is 3.43. The van der Waals surface area contributed by atoms with Crippen LogP contribution < -0.4 is 5.73 Å². The van der Waals surface area contributed by atoms with Gasteiger partial charge in [0.15, 0.2) is 5.82 Å². The fraction of sp³-hybridized carbons (Fsp3) is 0.800. The molecule has 23 heavy (non-hydrogen) atoms. The third-order valence-electron chi connectivity index (χ3n) is 4.68. The molecule has 3 rings (SSSR count). The van der Waals surface area contributed by atoms with Crippen LogP contribution in [-0.2, 0) is 11.3 Å². The molecule has 0 aromatic carbocycles. The summed E-state index contributed by atoms with van der Waals surface area (Å²) < 4.78 is 5.15. The lowest BCUT2D eigenvalue weighted by Crippen LogP contribution is -2.51. The van der Waals surface area contributed by atoms with Gasteiger partial charge in [0.2, 0.25) is 11.8 Å². The van der Waals surface area contributed by atoms with Crippen molar-refractivity contribution in [3.63, 3.8) is 0 Å². The number of carbonyl (C=O) groups excluding carboxylic acids is 1. The van der Waals surface area contributed by atoms with E-state index >= 15 is 0 Å². The quantitative estimate of drug-likeness (QED) is 0.879. The second-order valence-corrected chi connectivity index (χ2v) is 6.46. The van der Waals surface area contributed by atoms with Crippen molar-refractivity contribution in [2.24, 2.45) is 11.7 Å². The normalized spacial score (nSPS) is 25.9. The Morgan fingerprint density at radius 2 is 2.04 bits per heavy atom. The van der Waals surface area contributed by atoms with E-state index in [4.69, 9.17) is 10.3 Å². The minimum atomic E-state index is 0. The van der Waals surface area contributed by atoms with Gasteiger partial charge < -0.3 is 15.2 Å². The maximum Gasteiger partial charge on any atom is 0.240 e. The third kappa shape index (κ3) is 4.65. The number of hydrogen-bond acceptors (Lipinski definition) is 6. The minimum absolute atomic E-state index is 0. The number of halogens is 1. The number of amides is 1. The number of aromatic nitrogens is 2. The number of hydrogen-bond donors (Lipinski definition) is 1. The van der Waals surface area contributed by atoms with E-state index in [1.807, 2.05) is 11.8 Å². The van der Waals surface area contributed by atoms with Gasteiger partial charge in [-0.3, -0.25) is 9.69 Å². The van der Waals surface area contributed by atoms with E-state index < -0.39 is 0 Å². The Bertz CT molecular complexity index is 516. The molecule has 2 heterocycles. The lowest BCUT2D eigenvalue weighted by molar-refractivity contribution is -0.138. The standard InChI is InChI=1S/C15H25N5O2.ClH/c1-11-17-14(22-18-11)10-19-5-7-20(8-6-19)15(21)12-3-2-4-13(16)9-12;/h12-13H,2-10,16H2,1H3;1H. The van der Waals surface area contributed by atoms with E-state index in [2.05, 4.69) is 15.0 Å². The molecule has 1 aromatic heterocycles. The molecule has 7 nitrogen and oxygen atoms in total. The van der Waals surface area contributed by atoms with Gasteiger partial charge in [-0.15, -0.1) is 12.4 Å². The lowest BCUT2D eigenvalue weighted by atomic mass is 9.85. The van der Waals surface area contributed by atoms with Crippen LogP contribution in [0.5, 0.6) is 0 Å². The second-order valence-electron chi connectivity index (χ2n) is 6.46. The molecular weight excluding hydrogens is 318 g/mol. The number of carbonyl (C=O) groups is 1. The Balaban J connectivity index is 0.00000192. The summed E-state index contributed by atoms with van der Waals surface area (Å²) in [5.41, 5.74) is 6.00. The zero-order chi connectivity index (χ0) is 15.5. The zero-order valence-corrected chi connectivity index (χ0v) is 14.4. The fourth-order valence-electron chi connectivity index (χ4n) is 3.43. The number of piperazine rings is 1.